The van der Waals surface area contributed by atoms with Crippen molar-refractivity contribution in [3.05, 3.63) is 35.5 Å². The molecule has 0 N–H and O–H groups in total. The average Bonchev–Trinajstić information content (AvgIpc) is 2.96. The van der Waals surface area contributed by atoms with Gasteiger partial charge in [-0.05, 0) is 31.1 Å². The van der Waals surface area contributed by atoms with Gasteiger partial charge in [-0.1, -0.05) is 24.3 Å². The van der Waals surface area contributed by atoms with Crippen LogP contribution in [0.5, 0.6) is 0 Å². The Balaban J connectivity index is 1.85. The first-order chi connectivity index (χ1) is 8.27. The second kappa shape index (κ2) is 3.06. The van der Waals surface area contributed by atoms with Crippen molar-refractivity contribution in [2.75, 3.05) is 0 Å². The van der Waals surface area contributed by atoms with E-state index in [2.05, 4.69) is 12.2 Å². The largest absolute Gasteiger partial charge is 0.294 e. The van der Waals surface area contributed by atoms with E-state index in [0.29, 0.717) is 24.7 Å². The maximum Gasteiger partial charge on any atom is 0.164 e. The number of carbonyl (C=O) groups excluding carboxylic acids is 2. The van der Waals surface area contributed by atoms with Crippen LogP contribution >= 0.6 is 0 Å². The van der Waals surface area contributed by atoms with Crippen LogP contribution in [0.2, 0.25) is 0 Å². The third-order valence-corrected chi connectivity index (χ3v) is 4.83. The van der Waals surface area contributed by atoms with E-state index < -0.39 is 0 Å². The Labute approximate surface area is 100 Å². The first kappa shape index (κ1) is 9.58. The molecule has 0 saturated heterocycles. The van der Waals surface area contributed by atoms with Crippen molar-refractivity contribution < 1.29 is 9.59 Å². The molecule has 0 aromatic heterocycles. The van der Waals surface area contributed by atoms with Gasteiger partial charge in [-0.3, -0.25) is 9.59 Å². The summed E-state index contributed by atoms with van der Waals surface area (Å²) >= 11 is 0. The zero-order chi connectivity index (χ0) is 11.6. The highest BCUT2D eigenvalue weighted by atomic mass is 16.1. The van der Waals surface area contributed by atoms with Gasteiger partial charge < -0.3 is 0 Å². The van der Waals surface area contributed by atoms with Gasteiger partial charge in [-0.25, -0.2) is 0 Å². The first-order valence-electron chi connectivity index (χ1n) is 6.41. The Hall–Kier alpha value is -1.44. The highest BCUT2D eigenvalue weighted by Gasteiger charge is 2.54. The molecule has 2 nitrogen and oxygen atoms in total. The van der Waals surface area contributed by atoms with Crippen LogP contribution in [0.1, 0.15) is 19.3 Å². The molecule has 4 aliphatic rings. The molecular weight excluding hydrogens is 212 g/mol. The number of Topliss-reactive ketones (excluding diaryl/α,β-unsaturated/α-hetero) is 2. The maximum atomic E-state index is 12.5. The predicted molar refractivity (Wildman–Crippen MR) is 63.1 cm³/mol. The van der Waals surface area contributed by atoms with E-state index in [1.54, 1.807) is 0 Å². The van der Waals surface area contributed by atoms with Crippen LogP contribution in [0.25, 0.3) is 0 Å². The van der Waals surface area contributed by atoms with Crippen molar-refractivity contribution in [2.45, 2.75) is 19.3 Å². The van der Waals surface area contributed by atoms with E-state index in [4.69, 9.17) is 0 Å². The fourth-order valence-corrected chi connectivity index (χ4v) is 4.09. The molecule has 4 rings (SSSR count). The lowest BCUT2D eigenvalue weighted by atomic mass is 9.67. The summed E-state index contributed by atoms with van der Waals surface area (Å²) in [5.74, 6) is 1.16. The zero-order valence-electron chi connectivity index (χ0n) is 9.56. The molecule has 0 amide bonds. The van der Waals surface area contributed by atoms with Gasteiger partial charge in [0.15, 0.2) is 11.6 Å². The minimum Gasteiger partial charge on any atom is -0.294 e. The SMILES string of the molecule is O=C1C2=C(CC=CC2)C(=O)C2C1[C@@H]1C=C[C@H]2C1. The van der Waals surface area contributed by atoms with Crippen LogP contribution < -0.4 is 0 Å². The average molecular weight is 226 g/mol. The summed E-state index contributed by atoms with van der Waals surface area (Å²) in [5, 5.41) is 0. The number of hydrogen-bond donors (Lipinski definition) is 0. The molecule has 1 fully saturated rings. The third kappa shape index (κ3) is 1.06. The highest BCUT2D eigenvalue weighted by Crippen LogP contribution is 2.53. The lowest BCUT2D eigenvalue weighted by Crippen LogP contribution is -2.40. The van der Waals surface area contributed by atoms with Gasteiger partial charge in [0, 0.05) is 23.0 Å². The van der Waals surface area contributed by atoms with Gasteiger partial charge in [0.1, 0.15) is 0 Å². The summed E-state index contributed by atoms with van der Waals surface area (Å²) in [6, 6.07) is 0. The quantitative estimate of drug-likeness (QED) is 0.593. The van der Waals surface area contributed by atoms with E-state index in [1.807, 2.05) is 12.2 Å². The van der Waals surface area contributed by atoms with Crippen molar-refractivity contribution in [2.24, 2.45) is 23.7 Å². The van der Waals surface area contributed by atoms with E-state index in [-0.39, 0.29) is 23.4 Å². The summed E-state index contributed by atoms with van der Waals surface area (Å²) in [7, 11) is 0. The number of allylic oxidation sites excluding steroid dienone is 6. The number of hydrogen-bond acceptors (Lipinski definition) is 2. The fraction of sp³-hybridized carbons (Fsp3) is 0.467. The Morgan fingerprint density at radius 3 is 1.76 bits per heavy atom. The molecule has 0 aliphatic heterocycles. The predicted octanol–water partition coefficient (Wildman–Crippen LogP) is 2.22. The van der Waals surface area contributed by atoms with E-state index in [1.165, 1.54) is 0 Å². The van der Waals surface area contributed by atoms with Crippen molar-refractivity contribution in [1.29, 1.82) is 0 Å². The first-order valence-corrected chi connectivity index (χ1v) is 6.41. The minimum absolute atomic E-state index is 0.0252. The van der Waals surface area contributed by atoms with Gasteiger partial charge >= 0.3 is 0 Å². The molecule has 86 valence electrons. The molecular formula is C15H14O2. The Morgan fingerprint density at radius 2 is 1.29 bits per heavy atom. The summed E-state index contributed by atoms with van der Waals surface area (Å²) in [5.41, 5.74) is 1.64. The van der Waals surface area contributed by atoms with E-state index in [0.717, 1.165) is 17.6 Å². The second-order valence-electron chi connectivity index (χ2n) is 5.57. The van der Waals surface area contributed by atoms with E-state index in [9.17, 15) is 9.59 Å². The zero-order valence-corrected chi connectivity index (χ0v) is 9.56. The topological polar surface area (TPSA) is 34.1 Å². The molecule has 0 aromatic rings. The Morgan fingerprint density at radius 1 is 0.824 bits per heavy atom. The van der Waals surface area contributed by atoms with Crippen molar-refractivity contribution in [3.63, 3.8) is 0 Å². The monoisotopic (exact) mass is 226 g/mol. The maximum absolute atomic E-state index is 12.5. The van der Waals surface area contributed by atoms with Gasteiger partial charge in [-0.15, -0.1) is 0 Å². The molecule has 0 spiro atoms. The molecule has 0 aromatic carbocycles. The fourth-order valence-electron chi connectivity index (χ4n) is 4.09. The second-order valence-corrected chi connectivity index (χ2v) is 5.57. The summed E-state index contributed by atoms with van der Waals surface area (Å²) in [6.07, 6.45) is 10.7. The number of ketones is 2. The molecule has 2 unspecified atom stereocenters. The molecule has 2 bridgehead atoms. The van der Waals surface area contributed by atoms with Crippen molar-refractivity contribution >= 4 is 11.6 Å². The molecule has 0 radical (unpaired) electrons. The Bertz CT molecular complexity index is 477. The standard InChI is InChI=1S/C15H14O2/c16-14-10-3-1-2-4-11(10)15(17)13-9-6-5-8(7-9)12(13)14/h1-2,5-6,8-9,12-13H,3-4,7H2/t8-,9+,12?,13?. The van der Waals surface area contributed by atoms with Crippen molar-refractivity contribution in [1.82, 2.24) is 0 Å². The molecule has 4 aliphatic carbocycles. The normalized spacial score (nSPS) is 42.1. The molecule has 2 heteroatoms. The number of rotatable bonds is 0. The van der Waals surface area contributed by atoms with Crippen LogP contribution in [0.4, 0.5) is 0 Å². The third-order valence-electron chi connectivity index (χ3n) is 4.83. The summed E-state index contributed by atoms with van der Waals surface area (Å²) in [6.45, 7) is 0. The smallest absolute Gasteiger partial charge is 0.164 e. The minimum atomic E-state index is -0.0252. The highest BCUT2D eigenvalue weighted by molar-refractivity contribution is 6.15. The number of carbonyl (C=O) groups is 2. The Kier molecular flexibility index (Phi) is 1.73. The van der Waals surface area contributed by atoms with Crippen LogP contribution in [0.15, 0.2) is 35.5 Å². The lowest BCUT2D eigenvalue weighted by Gasteiger charge is -2.33. The molecule has 1 saturated carbocycles. The summed E-state index contributed by atoms with van der Waals surface area (Å²) in [4.78, 5) is 25.0. The van der Waals surface area contributed by atoms with Gasteiger partial charge in [0.2, 0.25) is 0 Å². The van der Waals surface area contributed by atoms with Crippen LogP contribution in [0, 0.1) is 23.7 Å². The lowest BCUT2D eigenvalue weighted by molar-refractivity contribution is -0.131. The van der Waals surface area contributed by atoms with Crippen LogP contribution in [-0.2, 0) is 9.59 Å². The molecule has 0 heterocycles. The van der Waals surface area contributed by atoms with Crippen LogP contribution in [0.3, 0.4) is 0 Å². The van der Waals surface area contributed by atoms with Gasteiger partial charge in [-0.2, -0.15) is 0 Å². The molecule has 4 atom stereocenters. The van der Waals surface area contributed by atoms with Crippen molar-refractivity contribution in [3.8, 4) is 0 Å². The molecule has 17 heavy (non-hydrogen) atoms. The summed E-state index contributed by atoms with van der Waals surface area (Å²) < 4.78 is 0. The van der Waals surface area contributed by atoms with Gasteiger partial charge in [0.05, 0.1) is 0 Å². The van der Waals surface area contributed by atoms with E-state index >= 15 is 0 Å². The van der Waals surface area contributed by atoms with Gasteiger partial charge in [0.25, 0.3) is 0 Å². The number of fused-ring (bicyclic) bond motifs is 5. The van der Waals surface area contributed by atoms with Crippen LogP contribution in [-0.4, -0.2) is 11.6 Å².